The van der Waals surface area contributed by atoms with Gasteiger partial charge in [0.2, 0.25) is 0 Å². The zero-order valence-electron chi connectivity index (χ0n) is 20.3. The van der Waals surface area contributed by atoms with Crippen LogP contribution < -0.4 is 16.8 Å². The third kappa shape index (κ3) is 6.17. The number of nitrogen functional groups attached to an aromatic ring is 1. The van der Waals surface area contributed by atoms with Crippen molar-refractivity contribution in [2.45, 2.75) is 89.9 Å². The highest BCUT2D eigenvalue weighted by Crippen LogP contribution is 2.44. The number of aromatic hydroxyl groups is 1. The summed E-state index contributed by atoms with van der Waals surface area (Å²) in [6, 6.07) is 8.37. The van der Waals surface area contributed by atoms with E-state index >= 15 is 0 Å². The van der Waals surface area contributed by atoms with Gasteiger partial charge in [0, 0.05) is 5.39 Å². The summed E-state index contributed by atoms with van der Waals surface area (Å²) in [5, 5.41) is 13.3. The van der Waals surface area contributed by atoms with Gasteiger partial charge in [-0.25, -0.2) is 0 Å². The van der Waals surface area contributed by atoms with Crippen LogP contribution in [0.5, 0.6) is 5.75 Å². The van der Waals surface area contributed by atoms with E-state index in [0.29, 0.717) is 11.6 Å². The van der Waals surface area contributed by atoms with Crippen LogP contribution in [0.1, 0.15) is 95.5 Å². The van der Waals surface area contributed by atoms with Gasteiger partial charge in [0.05, 0.1) is 5.69 Å². The monoisotopic (exact) mass is 456 g/mol. The van der Waals surface area contributed by atoms with E-state index in [0.717, 1.165) is 33.8 Å². The highest BCUT2D eigenvalue weighted by Gasteiger charge is 2.30. The number of anilines is 1. The highest BCUT2D eigenvalue weighted by atomic mass is 31.0. The van der Waals surface area contributed by atoms with Crippen molar-refractivity contribution in [3.8, 4) is 5.75 Å². The molecule has 178 valence electrons. The van der Waals surface area contributed by atoms with Gasteiger partial charge >= 0.3 is 0 Å². The first kappa shape index (κ1) is 25.3. The van der Waals surface area contributed by atoms with Crippen LogP contribution in [0.25, 0.3) is 10.8 Å². The fourth-order valence-corrected chi connectivity index (χ4v) is 6.18. The highest BCUT2D eigenvalue weighted by molar-refractivity contribution is 7.28. The summed E-state index contributed by atoms with van der Waals surface area (Å²) in [6.07, 6.45) is 17.2. The van der Waals surface area contributed by atoms with Gasteiger partial charge in [-0.3, -0.25) is 0 Å². The van der Waals surface area contributed by atoms with Crippen LogP contribution in [0.2, 0.25) is 0 Å². The SMILES string of the molecule is C1CCC1.CC1CCC(C2CCC(c3cc(P)c4c(O)c(N)ccc4c3)CC2)CC1.CN. The van der Waals surface area contributed by atoms with Crippen LogP contribution in [0.15, 0.2) is 24.3 Å². The zero-order chi connectivity index (χ0) is 23.1. The molecule has 0 spiro atoms. The Hall–Kier alpha value is -1.31. The Morgan fingerprint density at radius 2 is 1.34 bits per heavy atom. The second-order valence-corrected chi connectivity index (χ2v) is 10.9. The van der Waals surface area contributed by atoms with Gasteiger partial charge in [-0.2, -0.15) is 0 Å². The van der Waals surface area contributed by atoms with Crippen LogP contribution in [-0.2, 0) is 0 Å². The van der Waals surface area contributed by atoms with Gasteiger partial charge < -0.3 is 16.6 Å². The van der Waals surface area contributed by atoms with E-state index in [-0.39, 0.29) is 5.75 Å². The van der Waals surface area contributed by atoms with Crippen molar-refractivity contribution in [1.82, 2.24) is 0 Å². The molecule has 3 saturated carbocycles. The van der Waals surface area contributed by atoms with Crippen LogP contribution in [0.3, 0.4) is 0 Å². The minimum atomic E-state index is 0.217. The van der Waals surface area contributed by atoms with Crippen molar-refractivity contribution >= 4 is 31.0 Å². The first-order chi connectivity index (χ1) is 15.5. The molecule has 0 saturated heterocycles. The lowest BCUT2D eigenvalue weighted by Crippen LogP contribution is -2.25. The number of nitrogens with two attached hydrogens (primary N) is 2. The van der Waals surface area contributed by atoms with E-state index in [1.54, 1.807) is 0 Å². The average molecular weight is 457 g/mol. The minimum absolute atomic E-state index is 0.217. The molecular weight excluding hydrogens is 411 g/mol. The van der Waals surface area contributed by atoms with Crippen molar-refractivity contribution in [2.24, 2.45) is 23.5 Å². The maximum Gasteiger partial charge on any atom is 0.146 e. The lowest BCUT2D eigenvalue weighted by molar-refractivity contribution is 0.165. The molecule has 5 N–H and O–H groups in total. The molecule has 0 bridgehead atoms. The predicted molar refractivity (Wildman–Crippen MR) is 144 cm³/mol. The molecule has 3 aliphatic carbocycles. The summed E-state index contributed by atoms with van der Waals surface area (Å²) in [6.45, 7) is 2.42. The minimum Gasteiger partial charge on any atom is -0.505 e. The summed E-state index contributed by atoms with van der Waals surface area (Å²) in [4.78, 5) is 0. The van der Waals surface area contributed by atoms with Crippen LogP contribution in [-0.4, -0.2) is 12.2 Å². The molecule has 3 fully saturated rings. The van der Waals surface area contributed by atoms with E-state index < -0.39 is 0 Å². The Kier molecular flexibility index (Phi) is 9.68. The van der Waals surface area contributed by atoms with Crippen molar-refractivity contribution < 1.29 is 5.11 Å². The van der Waals surface area contributed by atoms with Gasteiger partial charge in [0.15, 0.2) is 0 Å². The Morgan fingerprint density at radius 1 is 0.812 bits per heavy atom. The first-order valence-corrected chi connectivity index (χ1v) is 13.5. The van der Waals surface area contributed by atoms with Gasteiger partial charge in [-0.05, 0) is 91.6 Å². The molecule has 0 aromatic heterocycles. The third-order valence-corrected chi connectivity index (χ3v) is 8.60. The molecule has 0 amide bonds. The van der Waals surface area contributed by atoms with Crippen molar-refractivity contribution in [3.05, 3.63) is 29.8 Å². The third-order valence-electron chi connectivity index (χ3n) is 8.14. The van der Waals surface area contributed by atoms with E-state index in [9.17, 15) is 5.11 Å². The van der Waals surface area contributed by atoms with E-state index in [1.807, 2.05) is 12.1 Å². The topological polar surface area (TPSA) is 72.3 Å². The Balaban J connectivity index is 0.000000426. The van der Waals surface area contributed by atoms with Gasteiger partial charge in [0.25, 0.3) is 0 Å². The normalized spacial score (nSPS) is 27.4. The molecule has 0 aliphatic heterocycles. The Bertz CT molecular complexity index is 844. The molecule has 5 rings (SSSR count). The van der Waals surface area contributed by atoms with Gasteiger partial charge in [-0.1, -0.05) is 63.6 Å². The number of phenols is 1. The summed E-state index contributed by atoms with van der Waals surface area (Å²) in [5.41, 5.74) is 12.3. The Morgan fingerprint density at radius 3 is 1.88 bits per heavy atom. The second kappa shape index (κ2) is 12.2. The van der Waals surface area contributed by atoms with Crippen molar-refractivity contribution in [3.63, 3.8) is 0 Å². The van der Waals surface area contributed by atoms with Crippen LogP contribution >= 0.6 is 9.24 Å². The average Bonchev–Trinajstić information content (AvgIpc) is 2.77. The molecule has 2 aromatic carbocycles. The van der Waals surface area contributed by atoms with E-state index in [1.165, 1.54) is 89.7 Å². The molecule has 3 nitrogen and oxygen atoms in total. The first-order valence-electron chi connectivity index (χ1n) is 12.9. The summed E-state index contributed by atoms with van der Waals surface area (Å²) >= 11 is 0. The molecular formula is C28H45N2OP. The maximum atomic E-state index is 10.3. The summed E-state index contributed by atoms with van der Waals surface area (Å²) < 4.78 is 0. The summed E-state index contributed by atoms with van der Waals surface area (Å²) in [5.74, 6) is 3.78. The molecule has 3 aliphatic rings. The number of rotatable bonds is 2. The zero-order valence-corrected chi connectivity index (χ0v) is 21.4. The van der Waals surface area contributed by atoms with Crippen molar-refractivity contribution in [2.75, 3.05) is 12.8 Å². The number of benzene rings is 2. The molecule has 32 heavy (non-hydrogen) atoms. The fraction of sp³-hybridized carbons (Fsp3) is 0.643. The largest absolute Gasteiger partial charge is 0.505 e. The van der Waals surface area contributed by atoms with Gasteiger partial charge in [-0.15, -0.1) is 9.24 Å². The standard InChI is InChI=1S/C23H32NOP.C4H8.CH5N/c1-14-2-4-15(5-3-14)16-6-8-17(9-7-16)19-12-18-10-11-20(24)23(25)22(18)21(26)13-19;1-2-4-3-1;1-2/h10-17,25H,2-9,24,26H2,1H3;1-4H2;2H2,1H3. The quantitative estimate of drug-likeness (QED) is 0.262. The number of hydrogen-bond donors (Lipinski definition) is 3. The molecule has 1 atom stereocenters. The number of phenolic OH excluding ortho intramolecular Hbond substituents is 1. The maximum absolute atomic E-state index is 10.3. The molecule has 4 heteroatoms. The predicted octanol–water partition coefficient (Wildman–Crippen LogP) is 6.86. The van der Waals surface area contributed by atoms with E-state index in [2.05, 4.69) is 34.0 Å². The lowest BCUT2D eigenvalue weighted by Gasteiger charge is -2.37. The van der Waals surface area contributed by atoms with Crippen LogP contribution in [0, 0.1) is 17.8 Å². The Labute approximate surface area is 197 Å². The van der Waals surface area contributed by atoms with Crippen molar-refractivity contribution in [1.29, 1.82) is 0 Å². The van der Waals surface area contributed by atoms with E-state index in [4.69, 9.17) is 5.73 Å². The van der Waals surface area contributed by atoms with Crippen LogP contribution in [0.4, 0.5) is 5.69 Å². The molecule has 1 unspecified atom stereocenters. The molecule has 0 heterocycles. The second-order valence-electron chi connectivity index (χ2n) is 10.3. The lowest BCUT2D eigenvalue weighted by atomic mass is 9.68. The number of fused-ring (bicyclic) bond motifs is 1. The number of hydrogen-bond acceptors (Lipinski definition) is 3. The fourth-order valence-electron chi connectivity index (χ4n) is 5.69. The molecule has 2 aromatic rings. The molecule has 0 radical (unpaired) electrons. The summed E-state index contributed by atoms with van der Waals surface area (Å²) in [7, 11) is 4.29. The smallest absolute Gasteiger partial charge is 0.146 e. The van der Waals surface area contributed by atoms with Gasteiger partial charge in [0.1, 0.15) is 5.75 Å².